The number of carbonyl (C=O) groups is 1. The van der Waals surface area contributed by atoms with Gasteiger partial charge in [0.2, 0.25) is 0 Å². The van der Waals surface area contributed by atoms with Crippen LogP contribution < -0.4 is 9.47 Å². The van der Waals surface area contributed by atoms with Gasteiger partial charge < -0.3 is 14.2 Å². The molecule has 0 spiro atoms. The zero-order valence-corrected chi connectivity index (χ0v) is 18.0. The van der Waals surface area contributed by atoms with Crippen LogP contribution in [0.25, 0.3) is 0 Å². The molecule has 0 bridgehead atoms. The minimum absolute atomic E-state index is 0.00869. The highest BCUT2D eigenvalue weighted by Crippen LogP contribution is 2.28. The van der Waals surface area contributed by atoms with Gasteiger partial charge in [0, 0.05) is 6.61 Å². The van der Waals surface area contributed by atoms with Crippen molar-refractivity contribution in [2.75, 3.05) is 13.2 Å². The summed E-state index contributed by atoms with van der Waals surface area (Å²) in [7, 11) is 0. The monoisotopic (exact) mass is 398 g/mol. The second kappa shape index (κ2) is 13.0. The molecule has 4 nitrogen and oxygen atoms in total. The van der Waals surface area contributed by atoms with E-state index in [1.54, 1.807) is 18.2 Å². The van der Waals surface area contributed by atoms with Crippen molar-refractivity contribution in [1.29, 1.82) is 0 Å². The fourth-order valence-corrected chi connectivity index (χ4v) is 2.91. The van der Waals surface area contributed by atoms with Gasteiger partial charge in [-0.15, -0.1) is 0 Å². The van der Waals surface area contributed by atoms with Crippen LogP contribution in [0.2, 0.25) is 0 Å². The summed E-state index contributed by atoms with van der Waals surface area (Å²) in [5.74, 6) is 0.647. The van der Waals surface area contributed by atoms with Crippen molar-refractivity contribution < 1.29 is 19.0 Å². The third-order valence-electron chi connectivity index (χ3n) is 4.79. The number of carbonyl (C=O) groups excluding carboxylic acids is 1. The third kappa shape index (κ3) is 7.90. The van der Waals surface area contributed by atoms with E-state index in [0.29, 0.717) is 23.7 Å². The van der Waals surface area contributed by atoms with Gasteiger partial charge in [0.1, 0.15) is 0 Å². The Kier molecular flexibility index (Phi) is 10.3. The molecule has 1 atom stereocenters. The highest BCUT2D eigenvalue weighted by Gasteiger charge is 2.13. The van der Waals surface area contributed by atoms with E-state index < -0.39 is 5.97 Å². The lowest BCUT2D eigenvalue weighted by molar-refractivity contribution is 0.0626. The summed E-state index contributed by atoms with van der Waals surface area (Å²) in [5, 5.41) is 0. The summed E-state index contributed by atoms with van der Waals surface area (Å²) in [6, 6.07) is 14.7. The van der Waals surface area contributed by atoms with Gasteiger partial charge in [-0.25, -0.2) is 4.79 Å². The van der Waals surface area contributed by atoms with Crippen molar-refractivity contribution in [3.8, 4) is 11.5 Å². The molecule has 0 amide bonds. The number of esters is 1. The standard InChI is InChI=1S/C25H34O4/c1-4-6-8-11-19-27-20(3)21-14-16-22(17-15-21)25(26)29-24-13-10-9-12-23(24)28-18-7-5-2/h9-10,12-17,20H,4-8,11,18-19H2,1-3H3. The van der Waals surface area contributed by atoms with Gasteiger partial charge in [-0.2, -0.15) is 0 Å². The molecule has 2 aromatic carbocycles. The number of hydrogen-bond donors (Lipinski definition) is 0. The van der Waals surface area contributed by atoms with Gasteiger partial charge in [0.05, 0.1) is 18.3 Å². The Bertz CT molecular complexity index is 724. The predicted octanol–water partition coefficient (Wildman–Crippen LogP) is 6.74. The van der Waals surface area contributed by atoms with Crippen molar-refractivity contribution in [2.45, 2.75) is 65.4 Å². The molecule has 0 aromatic heterocycles. The number of unbranched alkanes of at least 4 members (excludes halogenated alkanes) is 4. The summed E-state index contributed by atoms with van der Waals surface area (Å²) in [4.78, 5) is 12.5. The molecule has 2 aromatic rings. The largest absolute Gasteiger partial charge is 0.490 e. The summed E-state index contributed by atoms with van der Waals surface area (Å²) in [6.45, 7) is 7.72. The van der Waals surface area contributed by atoms with Crippen LogP contribution in [0.3, 0.4) is 0 Å². The van der Waals surface area contributed by atoms with Crippen LogP contribution in [0.5, 0.6) is 11.5 Å². The zero-order valence-electron chi connectivity index (χ0n) is 18.0. The lowest BCUT2D eigenvalue weighted by atomic mass is 10.1. The SMILES string of the molecule is CCCCCCOC(C)c1ccc(C(=O)Oc2ccccc2OCCCC)cc1. The molecule has 0 saturated carbocycles. The molecule has 0 fully saturated rings. The average Bonchev–Trinajstić information content (AvgIpc) is 2.75. The lowest BCUT2D eigenvalue weighted by Gasteiger charge is -2.14. The van der Waals surface area contributed by atoms with Crippen LogP contribution in [0.4, 0.5) is 0 Å². The molecule has 0 aliphatic rings. The summed E-state index contributed by atoms with van der Waals surface area (Å²) < 4.78 is 17.2. The highest BCUT2D eigenvalue weighted by molar-refractivity contribution is 5.91. The smallest absolute Gasteiger partial charge is 0.343 e. The molecule has 2 rings (SSSR count). The number of para-hydroxylation sites is 2. The Morgan fingerprint density at radius 2 is 1.52 bits per heavy atom. The van der Waals surface area contributed by atoms with Crippen LogP contribution >= 0.6 is 0 Å². The van der Waals surface area contributed by atoms with E-state index in [1.807, 2.05) is 37.3 Å². The fraction of sp³-hybridized carbons (Fsp3) is 0.480. The van der Waals surface area contributed by atoms with Gasteiger partial charge >= 0.3 is 5.97 Å². The molecule has 4 heteroatoms. The van der Waals surface area contributed by atoms with Gasteiger partial charge in [-0.05, 0) is 49.6 Å². The fourth-order valence-electron chi connectivity index (χ4n) is 2.91. The first kappa shape index (κ1) is 23.0. The Morgan fingerprint density at radius 3 is 2.21 bits per heavy atom. The van der Waals surface area contributed by atoms with Gasteiger partial charge in [0.15, 0.2) is 11.5 Å². The van der Waals surface area contributed by atoms with E-state index in [9.17, 15) is 4.79 Å². The van der Waals surface area contributed by atoms with Crippen LogP contribution in [0, 0.1) is 0 Å². The molecule has 0 radical (unpaired) electrons. The lowest BCUT2D eigenvalue weighted by Crippen LogP contribution is -2.10. The molecule has 0 heterocycles. The molecular weight excluding hydrogens is 364 g/mol. The van der Waals surface area contributed by atoms with Crippen molar-refractivity contribution >= 4 is 5.97 Å². The Hall–Kier alpha value is -2.33. The van der Waals surface area contributed by atoms with E-state index >= 15 is 0 Å². The Labute approximate surface area is 175 Å². The quantitative estimate of drug-likeness (QED) is 0.213. The molecule has 1 unspecified atom stereocenters. The number of ether oxygens (including phenoxy) is 3. The third-order valence-corrected chi connectivity index (χ3v) is 4.79. The van der Waals surface area contributed by atoms with Crippen molar-refractivity contribution in [3.05, 3.63) is 59.7 Å². The minimum atomic E-state index is -0.392. The first-order valence-electron chi connectivity index (χ1n) is 10.8. The summed E-state index contributed by atoms with van der Waals surface area (Å²) in [6.07, 6.45) is 6.79. The van der Waals surface area contributed by atoms with Crippen molar-refractivity contribution in [1.82, 2.24) is 0 Å². The maximum absolute atomic E-state index is 12.5. The van der Waals surface area contributed by atoms with Gasteiger partial charge in [0.25, 0.3) is 0 Å². The number of hydrogen-bond acceptors (Lipinski definition) is 4. The van der Waals surface area contributed by atoms with Crippen LogP contribution in [0.15, 0.2) is 48.5 Å². The highest BCUT2D eigenvalue weighted by atomic mass is 16.6. The van der Waals surface area contributed by atoms with E-state index in [-0.39, 0.29) is 6.10 Å². The maximum Gasteiger partial charge on any atom is 0.343 e. The summed E-state index contributed by atoms with van der Waals surface area (Å²) >= 11 is 0. The topological polar surface area (TPSA) is 44.8 Å². The van der Waals surface area contributed by atoms with Crippen molar-refractivity contribution in [3.63, 3.8) is 0 Å². The molecule has 0 aliphatic carbocycles. The van der Waals surface area contributed by atoms with E-state index in [1.165, 1.54) is 19.3 Å². The summed E-state index contributed by atoms with van der Waals surface area (Å²) in [5.41, 5.74) is 1.56. The number of benzene rings is 2. The van der Waals surface area contributed by atoms with Crippen LogP contribution in [0.1, 0.15) is 81.3 Å². The predicted molar refractivity (Wildman–Crippen MR) is 117 cm³/mol. The molecule has 0 N–H and O–H groups in total. The second-order valence-corrected chi connectivity index (χ2v) is 7.23. The van der Waals surface area contributed by atoms with Crippen LogP contribution in [-0.4, -0.2) is 19.2 Å². The zero-order chi connectivity index (χ0) is 20.9. The minimum Gasteiger partial charge on any atom is -0.490 e. The van der Waals surface area contributed by atoms with Crippen molar-refractivity contribution in [2.24, 2.45) is 0 Å². The maximum atomic E-state index is 12.5. The molecule has 29 heavy (non-hydrogen) atoms. The molecule has 0 saturated heterocycles. The Morgan fingerprint density at radius 1 is 0.828 bits per heavy atom. The molecular formula is C25H34O4. The van der Waals surface area contributed by atoms with Gasteiger partial charge in [-0.3, -0.25) is 0 Å². The first-order chi connectivity index (χ1) is 14.2. The Balaban J connectivity index is 1.90. The second-order valence-electron chi connectivity index (χ2n) is 7.23. The molecule has 158 valence electrons. The van der Waals surface area contributed by atoms with E-state index in [0.717, 1.165) is 31.4 Å². The van der Waals surface area contributed by atoms with E-state index in [2.05, 4.69) is 13.8 Å². The van der Waals surface area contributed by atoms with E-state index in [4.69, 9.17) is 14.2 Å². The molecule has 0 aliphatic heterocycles. The first-order valence-corrected chi connectivity index (χ1v) is 10.8. The normalized spacial score (nSPS) is 11.8. The van der Waals surface area contributed by atoms with Gasteiger partial charge in [-0.1, -0.05) is 63.8 Å². The number of rotatable bonds is 13. The van der Waals surface area contributed by atoms with Crippen LogP contribution in [-0.2, 0) is 4.74 Å². The average molecular weight is 399 g/mol.